The number of aromatic nitrogens is 5. The Morgan fingerprint density at radius 2 is 1.85 bits per heavy atom. The van der Waals surface area contributed by atoms with Crippen molar-refractivity contribution in [3.8, 4) is 0 Å². The number of pyridine rings is 3. The molecule has 12 heteroatoms. The molecule has 174 valence electrons. The molecule has 0 fully saturated rings. The van der Waals surface area contributed by atoms with Crippen molar-refractivity contribution in [1.29, 1.82) is 0 Å². The van der Waals surface area contributed by atoms with E-state index in [2.05, 4.69) is 40.8 Å². The lowest BCUT2D eigenvalue weighted by Gasteiger charge is -2.28. The molecule has 0 aromatic carbocycles. The first-order valence-corrected chi connectivity index (χ1v) is 10.7. The first-order valence-electron chi connectivity index (χ1n) is 9.95. The van der Waals surface area contributed by atoms with Crippen molar-refractivity contribution in [2.75, 3.05) is 5.73 Å². The van der Waals surface area contributed by atoms with Gasteiger partial charge < -0.3 is 10.6 Å². The highest BCUT2D eigenvalue weighted by Gasteiger charge is 2.31. The van der Waals surface area contributed by atoms with Crippen LogP contribution in [-0.4, -0.2) is 35.7 Å². The predicted octanol–water partition coefficient (Wildman–Crippen LogP) is 4.58. The Kier molecular flexibility index (Phi) is 6.42. The van der Waals surface area contributed by atoms with E-state index >= 15 is 0 Å². The zero-order chi connectivity index (χ0) is 24.5. The number of carbonyl (C=O) groups excluding carboxylic acids is 1. The summed E-state index contributed by atoms with van der Waals surface area (Å²) in [6, 6.07) is 6.48. The second kappa shape index (κ2) is 9.29. The molecule has 4 aromatic rings. The highest BCUT2D eigenvalue weighted by Crippen LogP contribution is 2.29. The van der Waals surface area contributed by atoms with Crippen LogP contribution in [-0.2, 0) is 12.7 Å². The van der Waals surface area contributed by atoms with Crippen molar-refractivity contribution < 1.29 is 18.0 Å². The third kappa shape index (κ3) is 4.96. The summed E-state index contributed by atoms with van der Waals surface area (Å²) in [5, 5.41) is 0.635. The molecule has 8 nitrogen and oxygen atoms in total. The molecule has 0 aliphatic heterocycles. The van der Waals surface area contributed by atoms with Gasteiger partial charge in [0.2, 0.25) is 0 Å². The lowest BCUT2D eigenvalue weighted by atomic mass is 10.1. The summed E-state index contributed by atoms with van der Waals surface area (Å²) in [4.78, 5) is 35.7. The van der Waals surface area contributed by atoms with Gasteiger partial charge in [0.05, 0.1) is 40.0 Å². The fraction of sp³-hybridized carbons (Fsp3) is 0.182. The van der Waals surface area contributed by atoms with Gasteiger partial charge in [-0.1, -0.05) is 0 Å². The predicted molar refractivity (Wildman–Crippen MR) is 121 cm³/mol. The number of alkyl halides is 3. The Morgan fingerprint density at radius 1 is 1.12 bits per heavy atom. The van der Waals surface area contributed by atoms with Crippen molar-refractivity contribution in [3.63, 3.8) is 0 Å². The summed E-state index contributed by atoms with van der Waals surface area (Å²) in [7, 11) is 0. The second-order valence-corrected chi connectivity index (χ2v) is 8.22. The number of rotatable bonds is 5. The highest BCUT2D eigenvalue weighted by molar-refractivity contribution is 9.10. The van der Waals surface area contributed by atoms with Gasteiger partial charge in [-0.3, -0.25) is 9.78 Å². The molecule has 4 heterocycles. The van der Waals surface area contributed by atoms with Crippen LogP contribution in [0.5, 0.6) is 0 Å². The van der Waals surface area contributed by atoms with Gasteiger partial charge >= 0.3 is 6.18 Å². The topological polar surface area (TPSA) is 111 Å². The van der Waals surface area contributed by atoms with E-state index in [1.165, 1.54) is 17.2 Å². The third-order valence-electron chi connectivity index (χ3n) is 5.07. The molecule has 0 saturated heterocycles. The molecule has 2 N–H and O–H groups in total. The van der Waals surface area contributed by atoms with E-state index in [-0.39, 0.29) is 17.9 Å². The normalized spacial score (nSPS) is 12.5. The molecule has 1 amide bonds. The number of anilines is 1. The Hall–Kier alpha value is -3.67. The van der Waals surface area contributed by atoms with Gasteiger partial charge in [-0.05, 0) is 53.2 Å². The zero-order valence-electron chi connectivity index (χ0n) is 17.7. The van der Waals surface area contributed by atoms with Crippen LogP contribution >= 0.6 is 15.9 Å². The minimum absolute atomic E-state index is 0.0835. The fourth-order valence-corrected chi connectivity index (χ4v) is 3.58. The highest BCUT2D eigenvalue weighted by atomic mass is 79.9. The van der Waals surface area contributed by atoms with E-state index in [9.17, 15) is 18.0 Å². The Bertz CT molecular complexity index is 1330. The monoisotopic (exact) mass is 531 g/mol. The van der Waals surface area contributed by atoms with E-state index < -0.39 is 23.7 Å². The molecular weight excluding hydrogens is 515 g/mol. The number of halogens is 4. The van der Waals surface area contributed by atoms with Gasteiger partial charge in [0, 0.05) is 24.0 Å². The van der Waals surface area contributed by atoms with Crippen LogP contribution in [0.1, 0.15) is 40.5 Å². The maximum absolute atomic E-state index is 13.5. The van der Waals surface area contributed by atoms with Gasteiger partial charge in [-0.25, -0.2) is 19.9 Å². The summed E-state index contributed by atoms with van der Waals surface area (Å²) in [5.74, 6) is 0.176. The van der Waals surface area contributed by atoms with Crippen LogP contribution in [0.2, 0.25) is 0 Å². The van der Waals surface area contributed by atoms with Crippen LogP contribution < -0.4 is 5.73 Å². The molecule has 34 heavy (non-hydrogen) atoms. The SMILES string of the molecule is C[C@H](c1ncccn1)N(Cc1ccc(C(F)(F)F)cn1)C(=O)c1cc2cc(Br)c(N)nc2cn1. The van der Waals surface area contributed by atoms with E-state index in [0.29, 0.717) is 27.0 Å². The Morgan fingerprint density at radius 3 is 2.50 bits per heavy atom. The summed E-state index contributed by atoms with van der Waals surface area (Å²) in [6.07, 6.45) is 0.750. The smallest absolute Gasteiger partial charge is 0.383 e. The molecule has 0 spiro atoms. The molecule has 0 aliphatic rings. The zero-order valence-corrected chi connectivity index (χ0v) is 19.2. The minimum Gasteiger partial charge on any atom is -0.383 e. The number of fused-ring (bicyclic) bond motifs is 1. The standard InChI is InChI=1S/C22H17BrF3N7O/c1-12(20-28-5-2-6-29-20)33(11-15-4-3-14(9-30-15)22(24,25)26)21(34)17-8-13-7-16(23)19(27)32-18(13)10-31-17/h2-10,12H,11H2,1H3,(H2,27,32)/t12-/m1/s1. The first-order chi connectivity index (χ1) is 16.1. The molecule has 0 unspecified atom stereocenters. The van der Waals surface area contributed by atoms with Crippen molar-refractivity contribution in [1.82, 2.24) is 29.8 Å². The summed E-state index contributed by atoms with van der Waals surface area (Å²) in [6.45, 7) is 1.64. The lowest BCUT2D eigenvalue weighted by molar-refractivity contribution is -0.137. The first kappa shape index (κ1) is 23.5. The number of nitrogen functional groups attached to an aromatic ring is 1. The van der Waals surface area contributed by atoms with Crippen LogP contribution in [0.3, 0.4) is 0 Å². The number of nitrogens with two attached hydrogens (primary N) is 1. The number of hydrogen-bond donors (Lipinski definition) is 1. The molecule has 0 radical (unpaired) electrons. The van der Waals surface area contributed by atoms with Gasteiger partial charge in [0.25, 0.3) is 5.91 Å². The summed E-state index contributed by atoms with van der Waals surface area (Å²) >= 11 is 3.32. The van der Waals surface area contributed by atoms with Crippen molar-refractivity contribution in [3.05, 3.63) is 82.4 Å². The van der Waals surface area contributed by atoms with Gasteiger partial charge in [0.15, 0.2) is 0 Å². The lowest BCUT2D eigenvalue weighted by Crippen LogP contribution is -2.35. The molecular formula is C22H17BrF3N7O. The number of nitrogens with zero attached hydrogens (tertiary/aromatic N) is 6. The number of carbonyl (C=O) groups is 1. The molecule has 4 aromatic heterocycles. The van der Waals surface area contributed by atoms with E-state index in [1.807, 2.05) is 0 Å². The molecule has 0 saturated carbocycles. The van der Waals surface area contributed by atoms with Crippen LogP contribution in [0, 0.1) is 0 Å². The average Bonchev–Trinajstić information content (AvgIpc) is 2.82. The minimum atomic E-state index is -4.51. The van der Waals surface area contributed by atoms with E-state index in [4.69, 9.17) is 5.73 Å². The Labute approximate surface area is 200 Å². The molecule has 1 atom stereocenters. The quantitative estimate of drug-likeness (QED) is 0.401. The largest absolute Gasteiger partial charge is 0.417 e. The van der Waals surface area contributed by atoms with Gasteiger partial charge in [-0.15, -0.1) is 0 Å². The summed E-state index contributed by atoms with van der Waals surface area (Å²) < 4.78 is 39.3. The summed E-state index contributed by atoms with van der Waals surface area (Å²) in [5.41, 5.74) is 5.82. The van der Waals surface area contributed by atoms with Gasteiger partial charge in [-0.2, -0.15) is 13.2 Å². The maximum atomic E-state index is 13.5. The van der Waals surface area contributed by atoms with Crippen LogP contribution in [0.25, 0.3) is 10.9 Å². The van der Waals surface area contributed by atoms with Gasteiger partial charge in [0.1, 0.15) is 17.3 Å². The number of hydrogen-bond acceptors (Lipinski definition) is 7. The van der Waals surface area contributed by atoms with Crippen LogP contribution in [0.15, 0.2) is 59.6 Å². The Balaban J connectivity index is 1.70. The third-order valence-corrected chi connectivity index (χ3v) is 5.71. The number of amides is 1. The molecule has 0 bridgehead atoms. The van der Waals surface area contributed by atoms with Crippen LogP contribution in [0.4, 0.5) is 19.0 Å². The van der Waals surface area contributed by atoms with E-state index in [1.54, 1.807) is 37.5 Å². The average molecular weight is 532 g/mol. The van der Waals surface area contributed by atoms with E-state index in [0.717, 1.165) is 12.3 Å². The molecule has 4 rings (SSSR count). The van der Waals surface area contributed by atoms with Crippen molar-refractivity contribution in [2.24, 2.45) is 0 Å². The van der Waals surface area contributed by atoms with Crippen molar-refractivity contribution in [2.45, 2.75) is 25.7 Å². The fourth-order valence-electron chi connectivity index (χ4n) is 3.24. The second-order valence-electron chi connectivity index (χ2n) is 7.37. The molecule has 0 aliphatic carbocycles. The van der Waals surface area contributed by atoms with Crippen molar-refractivity contribution >= 4 is 38.6 Å². The maximum Gasteiger partial charge on any atom is 0.417 e.